The Hall–Kier alpha value is -2.38. The van der Waals surface area contributed by atoms with Crippen molar-refractivity contribution in [1.82, 2.24) is 24.8 Å². The number of aromatic nitrogens is 4. The van der Waals surface area contributed by atoms with Crippen molar-refractivity contribution in [3.63, 3.8) is 0 Å². The van der Waals surface area contributed by atoms with Crippen molar-refractivity contribution in [2.45, 2.75) is 32.2 Å². The zero-order chi connectivity index (χ0) is 17.8. The molecule has 4 heterocycles. The van der Waals surface area contributed by atoms with Gasteiger partial charge in [0.05, 0.1) is 23.6 Å². The highest BCUT2D eigenvalue weighted by Gasteiger charge is 2.23. The van der Waals surface area contributed by atoms with Crippen LogP contribution in [0.1, 0.15) is 35.0 Å². The van der Waals surface area contributed by atoms with E-state index in [2.05, 4.69) is 30.2 Å². The Kier molecular flexibility index (Phi) is 5.17. The van der Waals surface area contributed by atoms with Crippen LogP contribution in [0.25, 0.3) is 0 Å². The third-order valence-corrected chi connectivity index (χ3v) is 5.37. The molecule has 1 saturated heterocycles. The van der Waals surface area contributed by atoms with Crippen LogP contribution in [0.4, 0.5) is 11.6 Å². The highest BCUT2D eigenvalue weighted by Crippen LogP contribution is 2.27. The van der Waals surface area contributed by atoms with Crippen LogP contribution < -0.4 is 5.32 Å². The van der Waals surface area contributed by atoms with Gasteiger partial charge in [-0.3, -0.25) is 14.9 Å². The Morgan fingerprint density at radius 3 is 2.92 bits per heavy atom. The average Bonchev–Trinajstić information content (AvgIpc) is 3.16. The average molecular weight is 366 g/mol. The Labute approximate surface area is 157 Å². The first-order chi connectivity index (χ1) is 12.8. The molecular weight excluding hydrogens is 344 g/mol. The number of hydrogen-bond acceptors (Lipinski definition) is 7. The van der Waals surface area contributed by atoms with Crippen molar-refractivity contribution in [3.8, 4) is 0 Å². The van der Waals surface area contributed by atoms with Crippen LogP contribution >= 0.6 is 11.3 Å². The molecule has 0 aromatic carbocycles. The predicted octanol–water partition coefficient (Wildman–Crippen LogP) is 3.76. The van der Waals surface area contributed by atoms with Gasteiger partial charge in [0.1, 0.15) is 11.6 Å². The summed E-state index contributed by atoms with van der Waals surface area (Å²) < 4.78 is 0. The van der Waals surface area contributed by atoms with Gasteiger partial charge in [-0.05, 0) is 38.4 Å². The first kappa shape index (κ1) is 17.1. The second-order valence-corrected chi connectivity index (χ2v) is 7.63. The fraction of sp³-hybridized carbons (Fsp3) is 0.368. The maximum absolute atomic E-state index is 4.66. The molecule has 3 aromatic rings. The zero-order valence-corrected chi connectivity index (χ0v) is 15.6. The minimum absolute atomic E-state index is 0.440. The molecule has 1 fully saturated rings. The number of rotatable bonds is 5. The van der Waals surface area contributed by atoms with E-state index in [1.807, 2.05) is 49.2 Å². The normalized spacial score (nSPS) is 18.0. The molecule has 0 amide bonds. The molecular formula is C19H22N6S. The molecule has 0 saturated carbocycles. The Balaban J connectivity index is 1.39. The predicted molar refractivity (Wildman–Crippen MR) is 104 cm³/mol. The van der Waals surface area contributed by atoms with Gasteiger partial charge in [0.25, 0.3) is 0 Å². The molecule has 7 heteroatoms. The maximum Gasteiger partial charge on any atom is 0.150 e. The Morgan fingerprint density at radius 1 is 1.19 bits per heavy atom. The lowest BCUT2D eigenvalue weighted by Gasteiger charge is -2.31. The highest BCUT2D eigenvalue weighted by molar-refractivity contribution is 7.09. The van der Waals surface area contributed by atoms with Crippen LogP contribution in [0.3, 0.4) is 0 Å². The van der Waals surface area contributed by atoms with E-state index in [4.69, 9.17) is 0 Å². The molecule has 0 radical (unpaired) electrons. The van der Waals surface area contributed by atoms with Crippen LogP contribution in [0.5, 0.6) is 0 Å². The summed E-state index contributed by atoms with van der Waals surface area (Å²) in [6.45, 7) is 5.12. The number of thiazole rings is 1. The minimum atomic E-state index is 0.440. The van der Waals surface area contributed by atoms with Gasteiger partial charge in [0.15, 0.2) is 0 Å². The second kappa shape index (κ2) is 7.88. The van der Waals surface area contributed by atoms with Gasteiger partial charge in [0, 0.05) is 35.8 Å². The summed E-state index contributed by atoms with van der Waals surface area (Å²) in [4.78, 5) is 21.6. The highest BCUT2D eigenvalue weighted by atomic mass is 32.1. The van der Waals surface area contributed by atoms with Crippen LogP contribution in [0.2, 0.25) is 0 Å². The number of nitrogens with one attached hydrogen (secondary N) is 1. The van der Waals surface area contributed by atoms with E-state index >= 15 is 0 Å². The van der Waals surface area contributed by atoms with Crippen molar-refractivity contribution >= 4 is 23.0 Å². The summed E-state index contributed by atoms with van der Waals surface area (Å²) in [5.74, 6) is 1.96. The molecule has 0 aliphatic carbocycles. The van der Waals surface area contributed by atoms with Crippen molar-refractivity contribution in [3.05, 3.63) is 58.6 Å². The Bertz CT molecular complexity index is 834. The van der Waals surface area contributed by atoms with Crippen molar-refractivity contribution in [2.75, 3.05) is 18.4 Å². The summed E-state index contributed by atoms with van der Waals surface area (Å²) in [6, 6.07) is 5.88. The maximum atomic E-state index is 4.66. The number of pyridine rings is 1. The van der Waals surface area contributed by atoms with Crippen LogP contribution in [0.15, 0.2) is 42.3 Å². The standard InChI is InChI=1S/C19H22N6S/c1-14-4-2-6-18(23-14)24-19-10-21-17(9-22-19)15-5-3-7-25(11-15)12-16-8-20-13-26-16/h2,4,6,8-10,13,15H,3,5,7,11-12H2,1H3,(H,22,23,24). The fourth-order valence-corrected chi connectivity index (χ4v) is 3.97. The lowest BCUT2D eigenvalue weighted by Crippen LogP contribution is -2.34. The van der Waals surface area contributed by atoms with Crippen LogP contribution in [-0.2, 0) is 6.54 Å². The zero-order valence-electron chi connectivity index (χ0n) is 14.8. The lowest BCUT2D eigenvalue weighted by atomic mass is 9.95. The van der Waals surface area contributed by atoms with E-state index in [1.54, 1.807) is 11.3 Å². The second-order valence-electron chi connectivity index (χ2n) is 6.66. The van der Waals surface area contributed by atoms with E-state index in [1.165, 1.54) is 17.7 Å². The quantitative estimate of drug-likeness (QED) is 0.742. The molecule has 0 spiro atoms. The smallest absolute Gasteiger partial charge is 0.150 e. The molecule has 6 nitrogen and oxygen atoms in total. The summed E-state index contributed by atoms with van der Waals surface area (Å²) >= 11 is 1.72. The topological polar surface area (TPSA) is 66.8 Å². The molecule has 4 rings (SSSR count). The Morgan fingerprint density at radius 2 is 2.15 bits per heavy atom. The van der Waals surface area contributed by atoms with E-state index in [9.17, 15) is 0 Å². The van der Waals surface area contributed by atoms with Crippen LogP contribution in [-0.4, -0.2) is 37.9 Å². The number of anilines is 2. The van der Waals surface area contributed by atoms with Gasteiger partial charge in [0.2, 0.25) is 0 Å². The fourth-order valence-electron chi connectivity index (χ4n) is 3.34. The monoisotopic (exact) mass is 366 g/mol. The molecule has 1 aliphatic heterocycles. The summed E-state index contributed by atoms with van der Waals surface area (Å²) in [5.41, 5.74) is 3.95. The third-order valence-electron chi connectivity index (χ3n) is 4.60. The molecule has 1 atom stereocenters. The molecule has 1 aliphatic rings. The number of likely N-dealkylation sites (tertiary alicyclic amines) is 1. The van der Waals surface area contributed by atoms with Gasteiger partial charge in [-0.1, -0.05) is 6.07 Å². The van der Waals surface area contributed by atoms with Gasteiger partial charge < -0.3 is 5.32 Å². The van der Waals surface area contributed by atoms with Crippen molar-refractivity contribution < 1.29 is 0 Å². The summed E-state index contributed by atoms with van der Waals surface area (Å²) in [7, 11) is 0. The molecule has 1 unspecified atom stereocenters. The molecule has 3 aromatic heterocycles. The number of hydrogen-bond donors (Lipinski definition) is 1. The number of piperidine rings is 1. The van der Waals surface area contributed by atoms with Gasteiger partial charge in [-0.2, -0.15) is 0 Å². The van der Waals surface area contributed by atoms with Crippen LogP contribution in [0, 0.1) is 6.92 Å². The van der Waals surface area contributed by atoms with E-state index in [0.717, 1.165) is 42.7 Å². The first-order valence-electron chi connectivity index (χ1n) is 8.88. The third kappa shape index (κ3) is 4.23. The van der Waals surface area contributed by atoms with E-state index in [0.29, 0.717) is 5.92 Å². The van der Waals surface area contributed by atoms with Gasteiger partial charge in [-0.25, -0.2) is 9.97 Å². The van der Waals surface area contributed by atoms with Gasteiger partial charge >= 0.3 is 0 Å². The van der Waals surface area contributed by atoms with Gasteiger partial charge in [-0.15, -0.1) is 11.3 Å². The lowest BCUT2D eigenvalue weighted by molar-refractivity contribution is 0.200. The largest absolute Gasteiger partial charge is 0.324 e. The molecule has 134 valence electrons. The minimum Gasteiger partial charge on any atom is -0.324 e. The summed E-state index contributed by atoms with van der Waals surface area (Å²) in [6.07, 6.45) is 8.03. The van der Waals surface area contributed by atoms with E-state index in [-0.39, 0.29) is 0 Å². The number of nitrogens with zero attached hydrogens (tertiary/aromatic N) is 5. The molecule has 1 N–H and O–H groups in total. The van der Waals surface area contributed by atoms with Crippen molar-refractivity contribution in [1.29, 1.82) is 0 Å². The van der Waals surface area contributed by atoms with E-state index < -0.39 is 0 Å². The molecule has 26 heavy (non-hydrogen) atoms. The van der Waals surface area contributed by atoms with Crippen molar-refractivity contribution in [2.24, 2.45) is 0 Å². The first-order valence-corrected chi connectivity index (χ1v) is 9.76. The number of aryl methyl sites for hydroxylation is 1. The SMILES string of the molecule is Cc1cccc(Nc2cnc(C3CCCN(Cc4cncs4)C3)cn2)n1. The molecule has 0 bridgehead atoms. The summed E-state index contributed by atoms with van der Waals surface area (Å²) in [5, 5.41) is 3.21.